The number of benzene rings is 2. The Morgan fingerprint density at radius 2 is 1.63 bits per heavy atom. The van der Waals surface area contributed by atoms with Gasteiger partial charge in [-0.3, -0.25) is 28.9 Å². The second kappa shape index (κ2) is 15.4. The van der Waals surface area contributed by atoms with E-state index in [2.05, 4.69) is 35.4 Å². The van der Waals surface area contributed by atoms with Crippen molar-refractivity contribution in [3.63, 3.8) is 0 Å². The topological polar surface area (TPSA) is 116 Å². The molecular weight excluding hydrogens is 600 g/mol. The van der Waals surface area contributed by atoms with E-state index in [9.17, 15) is 24.0 Å². The SMILES string of the molecule is CNC(=O)[C@H](Cc1ccccc1)N1CCC([C@H]2C=CC=CC2)CC(NC(=O)C(S)CCCCN2C(=O)c3ccccc3C2=O)C1=O. The van der Waals surface area contributed by atoms with Crippen molar-refractivity contribution < 1.29 is 24.0 Å². The van der Waals surface area contributed by atoms with E-state index in [0.717, 1.165) is 12.0 Å². The standard InChI is InChI=1S/C36H42N4O5S/c1-37-32(41)30(22-24-12-4-2-5-13-24)39-21-19-26(25-14-6-3-7-15-25)23-29(36(39)45)38-33(42)31(46)18-10-11-20-40-34(43)27-16-8-9-17-28(27)35(40)44/h2-9,12-14,16-17,25-26,29-31,46H,10-11,15,18-23H2,1H3,(H,37,41)(H,38,42)/t25-,26?,29?,30-,31?/m0/s1. The number of rotatable bonds is 12. The summed E-state index contributed by atoms with van der Waals surface area (Å²) in [7, 11) is 1.57. The number of fused-ring (bicyclic) bond motifs is 1. The highest BCUT2D eigenvalue weighted by Gasteiger charge is 2.40. The van der Waals surface area contributed by atoms with Gasteiger partial charge in [0.05, 0.1) is 16.4 Å². The summed E-state index contributed by atoms with van der Waals surface area (Å²) in [6.07, 6.45) is 12.3. The number of hydrogen-bond donors (Lipinski definition) is 3. The van der Waals surface area contributed by atoms with Gasteiger partial charge in [0.25, 0.3) is 11.8 Å². The quantitative estimate of drug-likeness (QED) is 0.184. The number of carbonyl (C=O) groups is 5. The third-order valence-electron chi connectivity index (χ3n) is 9.28. The summed E-state index contributed by atoms with van der Waals surface area (Å²) in [6.45, 7) is 0.675. The molecular formula is C36H42N4O5S. The van der Waals surface area contributed by atoms with Gasteiger partial charge in [0, 0.05) is 26.6 Å². The van der Waals surface area contributed by atoms with Crippen LogP contribution < -0.4 is 10.6 Å². The first-order valence-corrected chi connectivity index (χ1v) is 16.6. The Morgan fingerprint density at radius 1 is 0.935 bits per heavy atom. The van der Waals surface area contributed by atoms with Gasteiger partial charge in [-0.2, -0.15) is 12.6 Å². The Balaban J connectivity index is 1.23. The van der Waals surface area contributed by atoms with Crippen LogP contribution in [0.5, 0.6) is 0 Å². The Hall–Kier alpha value is -4.18. The van der Waals surface area contributed by atoms with E-state index < -0.39 is 17.3 Å². The number of unbranched alkanes of at least 4 members (excludes halogenated alkanes) is 1. The van der Waals surface area contributed by atoms with Gasteiger partial charge in [-0.1, -0.05) is 73.2 Å². The van der Waals surface area contributed by atoms with Gasteiger partial charge in [-0.15, -0.1) is 0 Å². The lowest BCUT2D eigenvalue weighted by molar-refractivity contribution is -0.142. The molecule has 46 heavy (non-hydrogen) atoms. The molecule has 242 valence electrons. The highest BCUT2D eigenvalue weighted by molar-refractivity contribution is 7.81. The molecule has 2 heterocycles. The molecule has 5 amide bonds. The predicted molar refractivity (Wildman–Crippen MR) is 179 cm³/mol. The predicted octanol–water partition coefficient (Wildman–Crippen LogP) is 3.96. The van der Waals surface area contributed by atoms with Crippen LogP contribution in [-0.4, -0.2) is 76.8 Å². The van der Waals surface area contributed by atoms with Gasteiger partial charge in [0.1, 0.15) is 12.1 Å². The van der Waals surface area contributed by atoms with E-state index >= 15 is 0 Å². The molecule has 0 spiro atoms. The van der Waals surface area contributed by atoms with Gasteiger partial charge >= 0.3 is 0 Å². The van der Waals surface area contributed by atoms with Crippen LogP contribution in [-0.2, 0) is 20.8 Å². The third-order valence-corrected chi connectivity index (χ3v) is 9.78. The summed E-state index contributed by atoms with van der Waals surface area (Å²) in [5.41, 5.74) is 1.78. The van der Waals surface area contributed by atoms with E-state index in [1.165, 1.54) is 4.90 Å². The number of imide groups is 1. The molecule has 5 atom stereocenters. The van der Waals surface area contributed by atoms with Crippen molar-refractivity contribution in [1.29, 1.82) is 0 Å². The number of likely N-dealkylation sites (N-methyl/N-ethyl adjacent to an activating group) is 1. The summed E-state index contributed by atoms with van der Waals surface area (Å²) < 4.78 is 0. The lowest BCUT2D eigenvalue weighted by atomic mass is 9.81. The molecule has 0 aromatic heterocycles. The molecule has 1 fully saturated rings. The molecule has 2 N–H and O–H groups in total. The first-order valence-electron chi connectivity index (χ1n) is 16.1. The molecule has 10 heteroatoms. The van der Waals surface area contributed by atoms with Gasteiger partial charge < -0.3 is 15.5 Å². The second-order valence-electron chi connectivity index (χ2n) is 12.2. The summed E-state index contributed by atoms with van der Waals surface area (Å²) >= 11 is 4.57. The minimum atomic E-state index is -0.796. The van der Waals surface area contributed by atoms with E-state index in [0.29, 0.717) is 56.2 Å². The van der Waals surface area contributed by atoms with Crippen LogP contribution in [0.15, 0.2) is 78.9 Å². The number of thiol groups is 1. The van der Waals surface area contributed by atoms with Crippen molar-refractivity contribution in [2.45, 2.75) is 62.3 Å². The second-order valence-corrected chi connectivity index (χ2v) is 12.9. The molecule has 2 aromatic rings. The number of carbonyl (C=O) groups excluding carboxylic acids is 5. The Morgan fingerprint density at radius 3 is 2.28 bits per heavy atom. The van der Waals surface area contributed by atoms with Gasteiger partial charge in [-0.25, -0.2) is 0 Å². The molecule has 0 radical (unpaired) electrons. The average Bonchev–Trinajstić information content (AvgIpc) is 3.21. The molecule has 2 aliphatic heterocycles. The highest BCUT2D eigenvalue weighted by Crippen LogP contribution is 2.32. The summed E-state index contributed by atoms with van der Waals surface area (Å²) in [5, 5.41) is 5.05. The van der Waals surface area contributed by atoms with Crippen molar-refractivity contribution >= 4 is 42.2 Å². The Bertz CT molecular complexity index is 1470. The number of nitrogens with zero attached hydrogens (tertiary/aromatic N) is 2. The molecule has 1 aliphatic carbocycles. The monoisotopic (exact) mass is 642 g/mol. The summed E-state index contributed by atoms with van der Waals surface area (Å²) in [5.74, 6) is -1.07. The minimum Gasteiger partial charge on any atom is -0.357 e. The van der Waals surface area contributed by atoms with Crippen LogP contribution in [0.2, 0.25) is 0 Å². The van der Waals surface area contributed by atoms with Crippen molar-refractivity contribution in [2.24, 2.45) is 11.8 Å². The van der Waals surface area contributed by atoms with Crippen molar-refractivity contribution in [1.82, 2.24) is 20.4 Å². The summed E-state index contributed by atoms with van der Waals surface area (Å²) in [6, 6.07) is 14.9. The van der Waals surface area contributed by atoms with Crippen molar-refractivity contribution in [3.05, 3.63) is 95.6 Å². The first-order chi connectivity index (χ1) is 22.3. The molecule has 3 aliphatic rings. The first kappa shape index (κ1) is 33.2. The molecule has 9 nitrogen and oxygen atoms in total. The largest absolute Gasteiger partial charge is 0.357 e. The van der Waals surface area contributed by atoms with Crippen LogP contribution in [0.25, 0.3) is 0 Å². The van der Waals surface area contributed by atoms with E-state index in [1.54, 1.807) is 36.2 Å². The van der Waals surface area contributed by atoms with Gasteiger partial charge in [-0.05, 0) is 61.6 Å². The molecule has 2 aromatic carbocycles. The molecule has 5 rings (SSSR count). The van der Waals surface area contributed by atoms with E-state index in [1.807, 2.05) is 42.5 Å². The van der Waals surface area contributed by atoms with Crippen LogP contribution in [0, 0.1) is 11.8 Å². The zero-order valence-corrected chi connectivity index (χ0v) is 27.0. The summed E-state index contributed by atoms with van der Waals surface area (Å²) in [4.78, 5) is 69.0. The number of nitrogens with one attached hydrogen (secondary N) is 2. The maximum Gasteiger partial charge on any atom is 0.261 e. The molecule has 0 saturated carbocycles. The maximum absolute atomic E-state index is 14.2. The zero-order valence-electron chi connectivity index (χ0n) is 26.1. The zero-order chi connectivity index (χ0) is 32.6. The van der Waals surface area contributed by atoms with Crippen LogP contribution in [0.4, 0.5) is 0 Å². The number of allylic oxidation sites excluding steroid dienone is 4. The fraction of sp³-hybridized carbons (Fsp3) is 0.417. The molecule has 3 unspecified atom stereocenters. The van der Waals surface area contributed by atoms with Crippen molar-refractivity contribution in [3.8, 4) is 0 Å². The van der Waals surface area contributed by atoms with Gasteiger partial charge in [0.15, 0.2) is 0 Å². The number of likely N-dealkylation sites (tertiary alicyclic amines) is 1. The Kier molecular flexibility index (Phi) is 11.1. The van der Waals surface area contributed by atoms with Gasteiger partial charge in [0.2, 0.25) is 17.7 Å². The van der Waals surface area contributed by atoms with Crippen molar-refractivity contribution in [2.75, 3.05) is 20.1 Å². The van der Waals surface area contributed by atoms with E-state index in [4.69, 9.17) is 0 Å². The third kappa shape index (κ3) is 7.61. The Labute approximate surface area is 275 Å². The average molecular weight is 643 g/mol. The fourth-order valence-electron chi connectivity index (χ4n) is 6.70. The molecule has 1 saturated heterocycles. The van der Waals surface area contributed by atoms with Crippen LogP contribution in [0.3, 0.4) is 0 Å². The maximum atomic E-state index is 14.2. The minimum absolute atomic E-state index is 0.139. The smallest absolute Gasteiger partial charge is 0.261 e. The lowest BCUT2D eigenvalue weighted by Gasteiger charge is -2.32. The van der Waals surface area contributed by atoms with Crippen LogP contribution >= 0.6 is 12.6 Å². The molecule has 0 bridgehead atoms. The fourth-order valence-corrected chi connectivity index (χ4v) is 6.96. The lowest BCUT2D eigenvalue weighted by Crippen LogP contribution is -2.56. The van der Waals surface area contributed by atoms with E-state index in [-0.39, 0.29) is 47.9 Å². The van der Waals surface area contributed by atoms with Crippen LogP contribution in [0.1, 0.15) is 64.8 Å². The highest BCUT2D eigenvalue weighted by atomic mass is 32.1. The normalized spacial score (nSPS) is 22.3. The number of amides is 5. The number of hydrogen-bond acceptors (Lipinski definition) is 6.